The molecule has 0 N–H and O–H groups in total. The van der Waals surface area contributed by atoms with Crippen molar-refractivity contribution < 1.29 is 0 Å². The minimum Gasteiger partial charge on any atom is -0.312 e. The number of likely N-dealkylation sites (tertiary alicyclic amines) is 1. The summed E-state index contributed by atoms with van der Waals surface area (Å²) in [7, 11) is 0. The number of aromatic nitrogens is 3. The maximum absolute atomic E-state index is 12.9. The van der Waals surface area contributed by atoms with Crippen molar-refractivity contribution in [3.63, 3.8) is 0 Å². The molecule has 5 nitrogen and oxygen atoms in total. The van der Waals surface area contributed by atoms with Crippen molar-refractivity contribution in [3.05, 3.63) is 45.8 Å². The topological polar surface area (TPSA) is 51.0 Å². The summed E-state index contributed by atoms with van der Waals surface area (Å²) in [5.41, 5.74) is 4.14. The van der Waals surface area contributed by atoms with Gasteiger partial charge in [0.05, 0.1) is 5.69 Å². The van der Waals surface area contributed by atoms with Crippen LogP contribution in [0.3, 0.4) is 0 Å². The number of pyridine rings is 1. The van der Waals surface area contributed by atoms with Crippen molar-refractivity contribution >= 4 is 0 Å². The summed E-state index contributed by atoms with van der Waals surface area (Å²) in [6.07, 6.45) is 2.06. The summed E-state index contributed by atoms with van der Waals surface area (Å²) >= 11 is 0. The monoisotopic (exact) mass is 366 g/mol. The van der Waals surface area contributed by atoms with Gasteiger partial charge < -0.3 is 9.47 Å². The van der Waals surface area contributed by atoms with E-state index in [0.29, 0.717) is 17.8 Å². The fourth-order valence-electron chi connectivity index (χ4n) is 4.83. The molecule has 4 heterocycles. The normalized spacial score (nSPS) is 22.1. The molecule has 0 unspecified atom stereocenters. The molecule has 2 aliphatic rings. The third kappa shape index (κ3) is 3.70. The number of rotatable bonds is 4. The van der Waals surface area contributed by atoms with Crippen LogP contribution in [-0.4, -0.2) is 39.1 Å². The molecule has 144 valence electrons. The maximum Gasteiger partial charge on any atom is 0.251 e. The Morgan fingerprint density at radius 1 is 1.15 bits per heavy atom. The van der Waals surface area contributed by atoms with Gasteiger partial charge in [-0.25, -0.2) is 9.97 Å². The fraction of sp³-hybridized carbons (Fsp3) is 0.591. The zero-order chi connectivity index (χ0) is 19.1. The fourth-order valence-corrected chi connectivity index (χ4v) is 4.83. The molecular weight excluding hydrogens is 336 g/mol. The molecule has 2 aromatic heterocycles. The SMILES string of the molecule is CCc1cc(-c2cc3n(c(=O)c2)C[C@H]2C[C@@H]3CN(CC(C)C)C2)nc(C)n1. The van der Waals surface area contributed by atoms with Gasteiger partial charge in [-0.15, -0.1) is 0 Å². The van der Waals surface area contributed by atoms with Crippen LogP contribution in [0.25, 0.3) is 11.3 Å². The number of nitrogens with zero attached hydrogens (tertiary/aromatic N) is 4. The van der Waals surface area contributed by atoms with E-state index in [1.807, 2.05) is 17.6 Å². The van der Waals surface area contributed by atoms with Crippen LogP contribution in [0.2, 0.25) is 0 Å². The van der Waals surface area contributed by atoms with E-state index in [0.717, 1.165) is 55.4 Å². The van der Waals surface area contributed by atoms with E-state index >= 15 is 0 Å². The van der Waals surface area contributed by atoms with Crippen LogP contribution in [0, 0.1) is 18.8 Å². The third-order valence-corrected chi connectivity index (χ3v) is 5.80. The molecular formula is C22H30N4O. The summed E-state index contributed by atoms with van der Waals surface area (Å²) in [5.74, 6) is 2.47. The van der Waals surface area contributed by atoms with Gasteiger partial charge in [0, 0.05) is 55.1 Å². The predicted molar refractivity (Wildman–Crippen MR) is 108 cm³/mol. The molecule has 0 spiro atoms. The van der Waals surface area contributed by atoms with E-state index in [1.54, 1.807) is 6.07 Å². The molecule has 0 aliphatic carbocycles. The van der Waals surface area contributed by atoms with Gasteiger partial charge in [-0.1, -0.05) is 20.8 Å². The number of fused-ring (bicyclic) bond motifs is 4. The standard InChI is InChI=1S/C22H30N4O/c1-5-19-9-20(24-15(4)23-19)17-7-21-18-6-16(12-26(21)22(27)8-17)11-25(13-18)10-14(2)3/h7-9,14,16,18H,5-6,10-13H2,1-4H3/t16-,18+/m0/s1. The first-order valence-electron chi connectivity index (χ1n) is 10.2. The number of hydrogen-bond donors (Lipinski definition) is 0. The molecule has 0 amide bonds. The van der Waals surface area contributed by atoms with Crippen molar-refractivity contribution in [2.24, 2.45) is 11.8 Å². The summed E-state index contributed by atoms with van der Waals surface area (Å²) in [6.45, 7) is 12.7. The second-order valence-corrected chi connectivity index (χ2v) is 8.67. The van der Waals surface area contributed by atoms with Crippen LogP contribution in [0.1, 0.15) is 50.3 Å². The van der Waals surface area contributed by atoms with E-state index in [-0.39, 0.29) is 5.56 Å². The molecule has 0 radical (unpaired) electrons. The molecule has 4 rings (SSSR count). The van der Waals surface area contributed by atoms with E-state index in [4.69, 9.17) is 0 Å². The zero-order valence-corrected chi connectivity index (χ0v) is 16.9. The molecule has 1 fully saturated rings. The van der Waals surface area contributed by atoms with Crippen molar-refractivity contribution in [3.8, 4) is 11.3 Å². The van der Waals surface area contributed by atoms with Gasteiger partial charge in [-0.05, 0) is 43.7 Å². The van der Waals surface area contributed by atoms with E-state index in [2.05, 4.69) is 41.7 Å². The highest BCUT2D eigenvalue weighted by Gasteiger charge is 2.35. The van der Waals surface area contributed by atoms with E-state index in [9.17, 15) is 4.79 Å². The number of aryl methyl sites for hydroxylation is 2. The van der Waals surface area contributed by atoms with Crippen LogP contribution in [0.5, 0.6) is 0 Å². The first kappa shape index (κ1) is 18.4. The van der Waals surface area contributed by atoms with Gasteiger partial charge in [-0.2, -0.15) is 0 Å². The quantitative estimate of drug-likeness (QED) is 0.833. The first-order valence-corrected chi connectivity index (χ1v) is 10.2. The Hall–Kier alpha value is -2.01. The Bertz CT molecular complexity index is 902. The van der Waals surface area contributed by atoms with Crippen molar-refractivity contribution in [1.82, 2.24) is 19.4 Å². The molecule has 2 atom stereocenters. The molecule has 27 heavy (non-hydrogen) atoms. The molecule has 0 aromatic carbocycles. The van der Waals surface area contributed by atoms with Gasteiger partial charge in [0.2, 0.25) is 0 Å². The first-order chi connectivity index (χ1) is 12.9. The minimum atomic E-state index is 0.115. The summed E-state index contributed by atoms with van der Waals surface area (Å²) < 4.78 is 2.02. The van der Waals surface area contributed by atoms with Crippen molar-refractivity contribution in [2.45, 2.75) is 53.0 Å². The van der Waals surface area contributed by atoms with Crippen LogP contribution in [0.4, 0.5) is 0 Å². The highest BCUT2D eigenvalue weighted by molar-refractivity contribution is 5.60. The second kappa shape index (κ2) is 7.19. The molecule has 2 bridgehead atoms. The summed E-state index contributed by atoms with van der Waals surface area (Å²) in [6, 6.07) is 6.00. The highest BCUT2D eigenvalue weighted by atomic mass is 16.1. The molecule has 1 saturated heterocycles. The second-order valence-electron chi connectivity index (χ2n) is 8.67. The van der Waals surface area contributed by atoms with E-state index in [1.165, 1.54) is 12.1 Å². The molecule has 2 aromatic rings. The third-order valence-electron chi connectivity index (χ3n) is 5.80. The maximum atomic E-state index is 12.9. The Morgan fingerprint density at radius 3 is 2.70 bits per heavy atom. The average molecular weight is 367 g/mol. The Labute approximate surface area is 161 Å². The Morgan fingerprint density at radius 2 is 1.96 bits per heavy atom. The van der Waals surface area contributed by atoms with Crippen LogP contribution in [0.15, 0.2) is 23.0 Å². The van der Waals surface area contributed by atoms with Gasteiger partial charge in [0.1, 0.15) is 5.82 Å². The largest absolute Gasteiger partial charge is 0.312 e. The molecule has 0 saturated carbocycles. The average Bonchev–Trinajstić information content (AvgIpc) is 2.61. The lowest BCUT2D eigenvalue weighted by Gasteiger charge is -2.43. The smallest absolute Gasteiger partial charge is 0.251 e. The number of hydrogen-bond acceptors (Lipinski definition) is 4. The van der Waals surface area contributed by atoms with Gasteiger partial charge in [0.25, 0.3) is 5.56 Å². The Kier molecular flexibility index (Phi) is 4.89. The lowest BCUT2D eigenvalue weighted by atomic mass is 9.82. The summed E-state index contributed by atoms with van der Waals surface area (Å²) in [5, 5.41) is 0. The van der Waals surface area contributed by atoms with Crippen molar-refractivity contribution in [1.29, 1.82) is 0 Å². The number of piperidine rings is 1. The zero-order valence-electron chi connectivity index (χ0n) is 16.9. The van der Waals surface area contributed by atoms with Crippen LogP contribution < -0.4 is 5.56 Å². The summed E-state index contributed by atoms with van der Waals surface area (Å²) in [4.78, 5) is 24.6. The molecule has 2 aliphatic heterocycles. The minimum absolute atomic E-state index is 0.115. The van der Waals surface area contributed by atoms with Gasteiger partial charge in [0.15, 0.2) is 0 Å². The van der Waals surface area contributed by atoms with Gasteiger partial charge >= 0.3 is 0 Å². The lowest BCUT2D eigenvalue weighted by molar-refractivity contribution is 0.109. The van der Waals surface area contributed by atoms with Gasteiger partial charge in [-0.3, -0.25) is 4.79 Å². The highest BCUT2D eigenvalue weighted by Crippen LogP contribution is 2.36. The van der Waals surface area contributed by atoms with Crippen LogP contribution >= 0.6 is 0 Å². The lowest BCUT2D eigenvalue weighted by Crippen LogP contribution is -2.48. The Balaban J connectivity index is 1.73. The van der Waals surface area contributed by atoms with E-state index < -0.39 is 0 Å². The molecule has 5 heteroatoms. The van der Waals surface area contributed by atoms with Crippen molar-refractivity contribution in [2.75, 3.05) is 19.6 Å². The van der Waals surface area contributed by atoms with Crippen LogP contribution in [-0.2, 0) is 13.0 Å². The predicted octanol–water partition coefficient (Wildman–Crippen LogP) is 3.25.